The van der Waals surface area contributed by atoms with Gasteiger partial charge in [0.25, 0.3) is 0 Å². The molecule has 16 heavy (non-hydrogen) atoms. The standard InChI is InChI=1S/C13H23N3/c1-12(2)16-9-7-15(8-10-16)11-13(3-4-13)5-6-14/h12H,3-5,7-11H2,1-2H3. The van der Waals surface area contributed by atoms with Gasteiger partial charge in [-0.15, -0.1) is 0 Å². The van der Waals surface area contributed by atoms with Crippen molar-refractivity contribution in [2.45, 2.75) is 39.2 Å². The van der Waals surface area contributed by atoms with E-state index in [2.05, 4.69) is 29.7 Å². The highest BCUT2D eigenvalue weighted by atomic mass is 15.3. The molecule has 0 bridgehead atoms. The Hall–Kier alpha value is -0.590. The predicted molar refractivity (Wildman–Crippen MR) is 65.0 cm³/mol. The third kappa shape index (κ3) is 2.75. The number of nitrogens with zero attached hydrogens (tertiary/aromatic N) is 3. The SMILES string of the molecule is CC(C)N1CCN(CC2(CC#N)CC2)CC1. The van der Waals surface area contributed by atoms with Crippen LogP contribution in [0.1, 0.15) is 33.1 Å². The molecule has 3 nitrogen and oxygen atoms in total. The summed E-state index contributed by atoms with van der Waals surface area (Å²) in [6.07, 6.45) is 3.30. The topological polar surface area (TPSA) is 30.3 Å². The van der Waals surface area contributed by atoms with E-state index in [9.17, 15) is 0 Å². The molecule has 1 heterocycles. The van der Waals surface area contributed by atoms with Gasteiger partial charge in [-0.3, -0.25) is 4.90 Å². The fourth-order valence-electron chi connectivity index (χ4n) is 2.65. The number of nitriles is 1. The fourth-order valence-corrected chi connectivity index (χ4v) is 2.65. The molecule has 3 heteroatoms. The highest BCUT2D eigenvalue weighted by Gasteiger charge is 2.43. The van der Waals surface area contributed by atoms with Crippen molar-refractivity contribution in [1.29, 1.82) is 5.26 Å². The molecule has 0 spiro atoms. The van der Waals surface area contributed by atoms with Crippen LogP contribution in [-0.4, -0.2) is 48.6 Å². The van der Waals surface area contributed by atoms with Crippen LogP contribution in [0.15, 0.2) is 0 Å². The van der Waals surface area contributed by atoms with Crippen LogP contribution >= 0.6 is 0 Å². The Balaban J connectivity index is 1.76. The summed E-state index contributed by atoms with van der Waals surface area (Å²) in [5, 5.41) is 8.81. The van der Waals surface area contributed by atoms with E-state index in [1.165, 1.54) is 39.0 Å². The van der Waals surface area contributed by atoms with Gasteiger partial charge in [0.2, 0.25) is 0 Å². The third-order valence-electron chi connectivity index (χ3n) is 4.11. The van der Waals surface area contributed by atoms with Crippen LogP contribution in [0.25, 0.3) is 0 Å². The summed E-state index contributed by atoms with van der Waals surface area (Å²) >= 11 is 0. The van der Waals surface area contributed by atoms with Gasteiger partial charge in [0.15, 0.2) is 0 Å². The Kier molecular flexibility index (Phi) is 3.51. The van der Waals surface area contributed by atoms with Crippen LogP contribution in [0.3, 0.4) is 0 Å². The molecule has 0 atom stereocenters. The van der Waals surface area contributed by atoms with Crippen molar-refractivity contribution in [3.63, 3.8) is 0 Å². The second-order valence-corrected chi connectivity index (χ2v) is 5.74. The molecule has 0 N–H and O–H groups in total. The lowest BCUT2D eigenvalue weighted by Gasteiger charge is -2.38. The molecule has 1 saturated heterocycles. The lowest BCUT2D eigenvalue weighted by Crippen LogP contribution is -2.50. The zero-order valence-corrected chi connectivity index (χ0v) is 10.6. The van der Waals surface area contributed by atoms with Gasteiger partial charge in [-0.25, -0.2) is 0 Å². The first-order chi connectivity index (χ1) is 7.65. The van der Waals surface area contributed by atoms with Gasteiger partial charge in [-0.2, -0.15) is 5.26 Å². The molecule has 2 fully saturated rings. The molecule has 0 unspecified atom stereocenters. The maximum absolute atomic E-state index is 8.81. The fraction of sp³-hybridized carbons (Fsp3) is 0.923. The zero-order valence-electron chi connectivity index (χ0n) is 10.6. The molecule has 0 aromatic rings. The second-order valence-electron chi connectivity index (χ2n) is 5.74. The molecular formula is C13H23N3. The minimum absolute atomic E-state index is 0.384. The average Bonchev–Trinajstić information content (AvgIpc) is 2.99. The van der Waals surface area contributed by atoms with Crippen molar-refractivity contribution < 1.29 is 0 Å². The van der Waals surface area contributed by atoms with E-state index >= 15 is 0 Å². The lowest BCUT2D eigenvalue weighted by atomic mass is 10.0. The van der Waals surface area contributed by atoms with Gasteiger partial charge in [-0.05, 0) is 32.1 Å². The lowest BCUT2D eigenvalue weighted by molar-refractivity contribution is 0.0937. The summed E-state index contributed by atoms with van der Waals surface area (Å²) < 4.78 is 0. The van der Waals surface area contributed by atoms with Crippen LogP contribution in [0.5, 0.6) is 0 Å². The zero-order chi connectivity index (χ0) is 11.6. The monoisotopic (exact) mass is 221 g/mol. The molecule has 0 aromatic carbocycles. The van der Waals surface area contributed by atoms with Gasteiger partial charge in [0.1, 0.15) is 0 Å². The highest BCUT2D eigenvalue weighted by Crippen LogP contribution is 2.49. The van der Waals surface area contributed by atoms with E-state index in [-0.39, 0.29) is 0 Å². The summed E-state index contributed by atoms with van der Waals surface area (Å²) in [6.45, 7) is 10.5. The van der Waals surface area contributed by atoms with Gasteiger partial charge < -0.3 is 4.90 Å². The van der Waals surface area contributed by atoms with E-state index in [1.54, 1.807) is 0 Å². The first-order valence-electron chi connectivity index (χ1n) is 6.49. The molecule has 1 saturated carbocycles. The Morgan fingerprint density at radius 3 is 2.25 bits per heavy atom. The predicted octanol–water partition coefficient (Wildman–Crippen LogP) is 1.71. The molecule has 0 aromatic heterocycles. The first kappa shape index (κ1) is 11.9. The highest BCUT2D eigenvalue weighted by molar-refractivity contribution is 5.01. The van der Waals surface area contributed by atoms with Crippen LogP contribution in [0.2, 0.25) is 0 Å². The number of hydrogen-bond donors (Lipinski definition) is 0. The van der Waals surface area contributed by atoms with E-state index in [1.807, 2.05) is 0 Å². The normalized spacial score (nSPS) is 25.6. The smallest absolute Gasteiger partial charge is 0.0628 e. The van der Waals surface area contributed by atoms with Gasteiger partial charge >= 0.3 is 0 Å². The van der Waals surface area contributed by atoms with Crippen molar-refractivity contribution in [3.05, 3.63) is 0 Å². The van der Waals surface area contributed by atoms with E-state index < -0.39 is 0 Å². The summed E-state index contributed by atoms with van der Waals surface area (Å²) in [5.41, 5.74) is 0.384. The average molecular weight is 221 g/mol. The molecule has 1 aliphatic heterocycles. The van der Waals surface area contributed by atoms with Gasteiger partial charge in [0, 0.05) is 45.2 Å². The number of rotatable bonds is 4. The quantitative estimate of drug-likeness (QED) is 0.724. The maximum Gasteiger partial charge on any atom is 0.0628 e. The van der Waals surface area contributed by atoms with Crippen LogP contribution in [0.4, 0.5) is 0 Å². The second kappa shape index (κ2) is 4.73. The third-order valence-corrected chi connectivity index (χ3v) is 4.11. The molecule has 1 aliphatic carbocycles. The van der Waals surface area contributed by atoms with Crippen molar-refractivity contribution in [2.75, 3.05) is 32.7 Å². The Morgan fingerprint density at radius 2 is 1.81 bits per heavy atom. The van der Waals surface area contributed by atoms with Gasteiger partial charge in [0.05, 0.1) is 6.07 Å². The van der Waals surface area contributed by atoms with Crippen molar-refractivity contribution >= 4 is 0 Å². The molecular weight excluding hydrogens is 198 g/mol. The summed E-state index contributed by atoms with van der Waals surface area (Å²) in [6, 6.07) is 3.03. The van der Waals surface area contributed by atoms with E-state index in [4.69, 9.17) is 5.26 Å². The van der Waals surface area contributed by atoms with Crippen LogP contribution in [-0.2, 0) is 0 Å². The van der Waals surface area contributed by atoms with E-state index in [0.29, 0.717) is 11.5 Å². The van der Waals surface area contributed by atoms with Crippen molar-refractivity contribution in [2.24, 2.45) is 5.41 Å². The van der Waals surface area contributed by atoms with Gasteiger partial charge in [-0.1, -0.05) is 0 Å². The Morgan fingerprint density at radius 1 is 1.19 bits per heavy atom. The summed E-state index contributed by atoms with van der Waals surface area (Å²) in [7, 11) is 0. The molecule has 0 amide bonds. The van der Waals surface area contributed by atoms with Crippen molar-refractivity contribution in [1.82, 2.24) is 9.80 Å². The van der Waals surface area contributed by atoms with Crippen molar-refractivity contribution in [3.8, 4) is 6.07 Å². The maximum atomic E-state index is 8.81. The Labute approximate surface area is 99.0 Å². The molecule has 90 valence electrons. The Bertz CT molecular complexity index is 267. The minimum Gasteiger partial charge on any atom is -0.300 e. The summed E-state index contributed by atoms with van der Waals surface area (Å²) in [5.74, 6) is 0. The molecule has 0 radical (unpaired) electrons. The first-order valence-corrected chi connectivity index (χ1v) is 6.49. The van der Waals surface area contributed by atoms with Crippen LogP contribution < -0.4 is 0 Å². The largest absolute Gasteiger partial charge is 0.300 e. The van der Waals surface area contributed by atoms with Crippen LogP contribution in [0, 0.1) is 16.7 Å². The number of hydrogen-bond acceptors (Lipinski definition) is 3. The molecule has 2 aliphatic rings. The summed E-state index contributed by atoms with van der Waals surface area (Å²) in [4.78, 5) is 5.10. The number of piperazine rings is 1. The molecule has 2 rings (SSSR count). The minimum atomic E-state index is 0.384. The van der Waals surface area contributed by atoms with E-state index in [0.717, 1.165) is 13.0 Å².